The van der Waals surface area contributed by atoms with Crippen molar-refractivity contribution in [3.8, 4) is 17.1 Å². The van der Waals surface area contributed by atoms with Gasteiger partial charge in [-0.25, -0.2) is 4.98 Å². The minimum atomic E-state index is 0.763. The molecule has 0 unspecified atom stereocenters. The van der Waals surface area contributed by atoms with Crippen LogP contribution in [-0.2, 0) is 0 Å². The number of hydrogen-bond acceptors (Lipinski definition) is 2. The molecule has 3 heteroatoms. The number of aromatic amines is 1. The van der Waals surface area contributed by atoms with Gasteiger partial charge in [-0.2, -0.15) is 0 Å². The molecule has 0 aliphatic heterocycles. The maximum atomic E-state index is 5.76. The van der Waals surface area contributed by atoms with E-state index in [0.29, 0.717) is 0 Å². The molecule has 0 aliphatic rings. The summed E-state index contributed by atoms with van der Waals surface area (Å²) in [7, 11) is 0. The van der Waals surface area contributed by atoms with Crippen molar-refractivity contribution in [3.05, 3.63) is 48.0 Å². The van der Waals surface area contributed by atoms with Crippen LogP contribution in [0.2, 0.25) is 0 Å². The van der Waals surface area contributed by atoms with Crippen LogP contribution < -0.4 is 4.74 Å². The van der Waals surface area contributed by atoms with Crippen LogP contribution in [0.1, 0.15) is 25.3 Å². The summed E-state index contributed by atoms with van der Waals surface area (Å²) in [5.41, 5.74) is 4.35. The number of hydrogen-bond donors (Lipinski definition) is 1. The number of benzene rings is 2. The van der Waals surface area contributed by atoms with Crippen molar-refractivity contribution in [1.29, 1.82) is 0 Å². The third-order valence-electron chi connectivity index (χ3n) is 3.51. The van der Waals surface area contributed by atoms with Gasteiger partial charge >= 0.3 is 0 Å². The Labute approximate surface area is 125 Å². The van der Waals surface area contributed by atoms with Gasteiger partial charge in [0.25, 0.3) is 0 Å². The molecule has 0 spiro atoms. The van der Waals surface area contributed by atoms with Crippen molar-refractivity contribution < 1.29 is 4.74 Å². The standard InChI is InChI=1S/C18H20N2O/c1-3-4-10-21-15-7-5-6-14(12-15)18-19-16-9-8-13(2)11-17(16)20-18/h5-9,11-12H,3-4,10H2,1-2H3,(H,19,20). The lowest BCUT2D eigenvalue weighted by atomic mass is 10.2. The Bertz CT molecular complexity index is 746. The lowest BCUT2D eigenvalue weighted by Gasteiger charge is -2.06. The Hall–Kier alpha value is -2.29. The van der Waals surface area contributed by atoms with Gasteiger partial charge in [-0.3, -0.25) is 0 Å². The van der Waals surface area contributed by atoms with Crippen molar-refractivity contribution >= 4 is 11.0 Å². The molecule has 0 aliphatic carbocycles. The molecular formula is C18H20N2O. The first kappa shape index (κ1) is 13.7. The Morgan fingerprint density at radius 3 is 2.90 bits per heavy atom. The van der Waals surface area contributed by atoms with E-state index in [1.165, 1.54) is 5.56 Å². The first-order valence-corrected chi connectivity index (χ1v) is 7.46. The van der Waals surface area contributed by atoms with Crippen LogP contribution >= 0.6 is 0 Å². The van der Waals surface area contributed by atoms with Gasteiger partial charge in [0.15, 0.2) is 0 Å². The van der Waals surface area contributed by atoms with Gasteiger partial charge in [0.05, 0.1) is 17.6 Å². The largest absolute Gasteiger partial charge is 0.494 e. The number of aromatic nitrogens is 2. The number of rotatable bonds is 5. The second kappa shape index (κ2) is 6.00. The molecule has 0 saturated carbocycles. The van der Waals surface area contributed by atoms with Crippen LogP contribution in [0.3, 0.4) is 0 Å². The van der Waals surface area contributed by atoms with E-state index in [4.69, 9.17) is 4.74 Å². The Morgan fingerprint density at radius 2 is 2.05 bits per heavy atom. The van der Waals surface area contributed by atoms with E-state index in [-0.39, 0.29) is 0 Å². The van der Waals surface area contributed by atoms with Crippen molar-refractivity contribution in [2.75, 3.05) is 6.61 Å². The predicted molar refractivity (Wildman–Crippen MR) is 86.7 cm³/mol. The normalized spacial score (nSPS) is 11.0. The quantitative estimate of drug-likeness (QED) is 0.687. The van der Waals surface area contributed by atoms with Crippen LogP contribution in [0.5, 0.6) is 5.75 Å². The van der Waals surface area contributed by atoms with E-state index >= 15 is 0 Å². The lowest BCUT2D eigenvalue weighted by Crippen LogP contribution is -1.96. The monoisotopic (exact) mass is 280 g/mol. The van der Waals surface area contributed by atoms with Gasteiger partial charge in [0, 0.05) is 5.56 Å². The van der Waals surface area contributed by atoms with Gasteiger partial charge < -0.3 is 9.72 Å². The number of imidazole rings is 1. The summed E-state index contributed by atoms with van der Waals surface area (Å²) < 4.78 is 5.76. The van der Waals surface area contributed by atoms with E-state index in [1.54, 1.807) is 0 Å². The highest BCUT2D eigenvalue weighted by molar-refractivity contribution is 5.80. The summed E-state index contributed by atoms with van der Waals surface area (Å²) >= 11 is 0. The summed E-state index contributed by atoms with van der Waals surface area (Å²) in [5.74, 6) is 1.79. The zero-order valence-electron chi connectivity index (χ0n) is 12.5. The number of ether oxygens (including phenoxy) is 1. The fraction of sp³-hybridized carbons (Fsp3) is 0.278. The number of nitrogens with one attached hydrogen (secondary N) is 1. The summed E-state index contributed by atoms with van der Waals surface area (Å²) in [5, 5.41) is 0. The highest BCUT2D eigenvalue weighted by Crippen LogP contribution is 2.24. The molecule has 1 heterocycles. The maximum absolute atomic E-state index is 5.76. The number of H-pyrrole nitrogens is 1. The zero-order valence-corrected chi connectivity index (χ0v) is 12.5. The van der Waals surface area contributed by atoms with Gasteiger partial charge in [0.2, 0.25) is 0 Å². The predicted octanol–water partition coefficient (Wildman–Crippen LogP) is 4.72. The molecule has 1 aromatic heterocycles. The number of aryl methyl sites for hydroxylation is 1. The lowest BCUT2D eigenvalue weighted by molar-refractivity contribution is 0.309. The van der Waals surface area contributed by atoms with Gasteiger partial charge in [-0.05, 0) is 43.2 Å². The van der Waals surface area contributed by atoms with Crippen molar-refractivity contribution in [2.45, 2.75) is 26.7 Å². The minimum absolute atomic E-state index is 0.763. The molecule has 3 rings (SSSR count). The summed E-state index contributed by atoms with van der Waals surface area (Å²) in [6.07, 6.45) is 2.22. The van der Waals surface area contributed by atoms with Crippen LogP contribution in [0.15, 0.2) is 42.5 Å². The molecule has 108 valence electrons. The first-order chi connectivity index (χ1) is 10.3. The Kier molecular flexibility index (Phi) is 3.91. The average molecular weight is 280 g/mol. The fourth-order valence-corrected chi connectivity index (χ4v) is 2.33. The Morgan fingerprint density at radius 1 is 1.14 bits per heavy atom. The molecule has 0 fully saturated rings. The van der Waals surface area contributed by atoms with Gasteiger partial charge in [-0.1, -0.05) is 31.5 Å². The molecule has 1 N–H and O–H groups in total. The van der Waals surface area contributed by atoms with Gasteiger partial charge in [-0.15, -0.1) is 0 Å². The molecular weight excluding hydrogens is 260 g/mol. The number of fused-ring (bicyclic) bond motifs is 1. The summed E-state index contributed by atoms with van der Waals surface area (Å²) in [6, 6.07) is 14.3. The van der Waals surface area contributed by atoms with Crippen molar-refractivity contribution in [1.82, 2.24) is 9.97 Å². The number of unbranched alkanes of at least 4 members (excludes halogenated alkanes) is 1. The highest BCUT2D eigenvalue weighted by Gasteiger charge is 2.06. The molecule has 21 heavy (non-hydrogen) atoms. The van der Waals surface area contributed by atoms with Gasteiger partial charge in [0.1, 0.15) is 11.6 Å². The second-order valence-electron chi connectivity index (χ2n) is 5.34. The molecule has 0 bridgehead atoms. The van der Waals surface area contributed by atoms with E-state index in [1.807, 2.05) is 24.3 Å². The first-order valence-electron chi connectivity index (χ1n) is 7.46. The van der Waals surface area contributed by atoms with Crippen LogP contribution in [0.4, 0.5) is 0 Å². The summed E-state index contributed by atoms with van der Waals surface area (Å²) in [4.78, 5) is 8.03. The van der Waals surface area contributed by atoms with Crippen LogP contribution in [0.25, 0.3) is 22.4 Å². The Balaban J connectivity index is 1.89. The molecule has 3 aromatic rings. The third kappa shape index (κ3) is 3.07. The van der Waals surface area contributed by atoms with Crippen molar-refractivity contribution in [2.24, 2.45) is 0 Å². The SMILES string of the molecule is CCCCOc1cccc(-c2nc3ccc(C)cc3[nH]2)c1. The fourth-order valence-electron chi connectivity index (χ4n) is 2.33. The van der Waals surface area contributed by atoms with Crippen molar-refractivity contribution in [3.63, 3.8) is 0 Å². The molecule has 0 saturated heterocycles. The van der Waals surface area contributed by atoms with Crippen LogP contribution in [0, 0.1) is 6.92 Å². The zero-order chi connectivity index (χ0) is 14.7. The molecule has 3 nitrogen and oxygen atoms in total. The molecule has 0 radical (unpaired) electrons. The minimum Gasteiger partial charge on any atom is -0.494 e. The van der Waals surface area contributed by atoms with Crippen LogP contribution in [-0.4, -0.2) is 16.6 Å². The molecule has 0 amide bonds. The highest BCUT2D eigenvalue weighted by atomic mass is 16.5. The number of nitrogens with zero attached hydrogens (tertiary/aromatic N) is 1. The third-order valence-corrected chi connectivity index (χ3v) is 3.51. The van der Waals surface area contributed by atoms with E-state index < -0.39 is 0 Å². The van der Waals surface area contributed by atoms with E-state index in [0.717, 1.165) is 47.6 Å². The average Bonchev–Trinajstić information content (AvgIpc) is 2.91. The smallest absolute Gasteiger partial charge is 0.138 e. The topological polar surface area (TPSA) is 37.9 Å². The molecule has 2 aromatic carbocycles. The van der Waals surface area contributed by atoms with E-state index in [9.17, 15) is 0 Å². The molecule has 0 atom stereocenters. The summed E-state index contributed by atoms with van der Waals surface area (Å²) in [6.45, 7) is 5.01. The van der Waals surface area contributed by atoms with E-state index in [2.05, 4.69) is 42.0 Å². The second-order valence-corrected chi connectivity index (χ2v) is 5.34. The maximum Gasteiger partial charge on any atom is 0.138 e.